The molecule has 326 valence electrons. The lowest BCUT2D eigenvalue weighted by Gasteiger charge is -2.37. The molecule has 0 radical (unpaired) electrons. The van der Waals surface area contributed by atoms with Crippen LogP contribution < -0.4 is 21.3 Å². The number of benzene rings is 3. The summed E-state index contributed by atoms with van der Waals surface area (Å²) in [7, 11) is 1.16. The van der Waals surface area contributed by atoms with Gasteiger partial charge in [0.15, 0.2) is 23.3 Å². The molecule has 4 aromatic rings. The van der Waals surface area contributed by atoms with E-state index in [2.05, 4.69) is 31.0 Å². The van der Waals surface area contributed by atoms with Gasteiger partial charge in [-0.3, -0.25) is 28.8 Å². The lowest BCUT2D eigenvalue weighted by molar-refractivity contribution is -0.146. The van der Waals surface area contributed by atoms with Gasteiger partial charge < -0.3 is 35.9 Å². The molecule has 1 aromatic heterocycles. The fraction of sp³-hybridized carbons (Fsp3) is 0.381. The minimum absolute atomic E-state index is 0.0623. The van der Waals surface area contributed by atoms with E-state index in [0.717, 1.165) is 12.7 Å². The summed E-state index contributed by atoms with van der Waals surface area (Å²) in [5.74, 6) is -16.8. The molecular weight excluding hydrogens is 831 g/mol. The number of ether oxygens (including phenoxy) is 1. The molecule has 0 spiro atoms. The van der Waals surface area contributed by atoms with Gasteiger partial charge in [-0.05, 0) is 49.8 Å². The molecule has 1 aliphatic rings. The van der Waals surface area contributed by atoms with Crippen LogP contribution in [0.25, 0.3) is 10.9 Å². The number of amides is 5. The SMILES string of the molecule is COC(=O)CC[C@H](NC(=O)CCl)C(=O)N1CCCC[C@H]1C(=O)N[C@@H](Cc1c[nH]c2ccccc12)C(=O)N[C@@H](Cc1c(F)c(F)c(F)c(F)c1F)C(=O)NCc1ccc(C)cc1. The number of aryl methyl sites for hydroxylation is 1. The fourth-order valence-corrected chi connectivity index (χ4v) is 7.13. The number of piperidine rings is 1. The van der Waals surface area contributed by atoms with Crippen molar-refractivity contribution in [2.24, 2.45) is 0 Å². The molecule has 2 heterocycles. The number of hydrogen-bond acceptors (Lipinski definition) is 7. The molecule has 5 amide bonds. The molecule has 1 aliphatic heterocycles. The average molecular weight is 875 g/mol. The summed E-state index contributed by atoms with van der Waals surface area (Å²) in [6, 6.07) is 7.92. The molecule has 0 aliphatic carbocycles. The number of fused-ring (bicyclic) bond motifs is 1. The van der Waals surface area contributed by atoms with Gasteiger partial charge in [-0.1, -0.05) is 48.0 Å². The molecule has 1 saturated heterocycles. The van der Waals surface area contributed by atoms with E-state index in [1.807, 2.05) is 6.92 Å². The maximum Gasteiger partial charge on any atom is 0.305 e. The predicted octanol–water partition coefficient (Wildman–Crippen LogP) is 4.30. The number of aromatic nitrogens is 1. The highest BCUT2D eigenvalue weighted by Gasteiger charge is 2.39. The van der Waals surface area contributed by atoms with Gasteiger partial charge in [-0.15, -0.1) is 11.6 Å². The zero-order valence-corrected chi connectivity index (χ0v) is 33.9. The summed E-state index contributed by atoms with van der Waals surface area (Å²) in [5, 5.41) is 10.7. The van der Waals surface area contributed by atoms with Crippen molar-refractivity contribution in [2.45, 2.75) is 82.6 Å². The first kappa shape index (κ1) is 46.0. The number of hydrogen-bond donors (Lipinski definition) is 5. The minimum atomic E-state index is -2.41. The maximum atomic E-state index is 15.0. The van der Waals surface area contributed by atoms with Crippen LogP contribution in [-0.2, 0) is 52.9 Å². The molecule has 61 heavy (non-hydrogen) atoms. The summed E-state index contributed by atoms with van der Waals surface area (Å²) < 4.78 is 77.4. The molecule has 4 atom stereocenters. The standard InChI is InChI=1S/C42H44ClF5N6O7/c1-22-10-12-23(13-11-22)20-50-39(57)30(18-26-34(44)36(46)38(48)37(47)35(26)45)52-40(58)29(17-24-21-49-27-8-4-3-7-25(24)27)53-41(59)31-9-5-6-16-54(31)42(60)28(51-32(55)19-43)14-15-33(56)61-2/h3-4,7-8,10-13,21,28-31,49H,5-6,9,14-20H2,1-2H3,(H,50,57)(H,51,55)(H,52,58)(H,53,59)/t28-,29-,30-,31-/m0/s1. The Morgan fingerprint density at radius 3 is 2.15 bits per heavy atom. The summed E-state index contributed by atoms with van der Waals surface area (Å²) in [5.41, 5.74) is 1.32. The smallest absolute Gasteiger partial charge is 0.305 e. The highest BCUT2D eigenvalue weighted by Crippen LogP contribution is 2.26. The Bertz CT molecular complexity index is 2250. The van der Waals surface area contributed by atoms with Crippen LogP contribution in [0.1, 0.15) is 54.4 Å². The molecule has 1 fully saturated rings. The van der Waals surface area contributed by atoms with Gasteiger partial charge in [0.2, 0.25) is 35.4 Å². The molecule has 5 N–H and O–H groups in total. The van der Waals surface area contributed by atoms with Gasteiger partial charge in [0, 0.05) is 55.0 Å². The van der Waals surface area contributed by atoms with Crippen molar-refractivity contribution in [1.29, 1.82) is 0 Å². The zero-order valence-electron chi connectivity index (χ0n) is 33.1. The summed E-state index contributed by atoms with van der Waals surface area (Å²) in [6.45, 7) is 1.75. The average Bonchev–Trinajstić information content (AvgIpc) is 3.68. The number of alkyl halides is 1. The van der Waals surface area contributed by atoms with Gasteiger partial charge in [-0.25, -0.2) is 22.0 Å². The van der Waals surface area contributed by atoms with E-state index in [-0.39, 0.29) is 38.8 Å². The largest absolute Gasteiger partial charge is 0.469 e. The van der Waals surface area contributed by atoms with Crippen molar-refractivity contribution in [3.63, 3.8) is 0 Å². The normalized spacial score (nSPS) is 15.3. The number of nitrogens with zero attached hydrogens (tertiary/aromatic N) is 1. The van der Waals surface area contributed by atoms with Crippen LogP contribution in [0.3, 0.4) is 0 Å². The summed E-state index contributed by atoms with van der Waals surface area (Å²) >= 11 is 5.68. The van der Waals surface area contributed by atoms with Crippen LogP contribution in [0.15, 0.2) is 54.7 Å². The van der Waals surface area contributed by atoms with Crippen molar-refractivity contribution in [3.05, 3.63) is 106 Å². The lowest BCUT2D eigenvalue weighted by Crippen LogP contribution is -2.61. The van der Waals surface area contributed by atoms with Crippen LogP contribution >= 0.6 is 11.6 Å². The van der Waals surface area contributed by atoms with Crippen molar-refractivity contribution < 1.29 is 55.5 Å². The Kier molecular flexibility index (Phi) is 15.8. The van der Waals surface area contributed by atoms with Gasteiger partial charge in [-0.2, -0.15) is 0 Å². The van der Waals surface area contributed by atoms with E-state index < -0.39 is 107 Å². The van der Waals surface area contributed by atoms with Crippen molar-refractivity contribution in [1.82, 2.24) is 31.2 Å². The number of esters is 1. The van der Waals surface area contributed by atoms with Crippen LogP contribution in [0.2, 0.25) is 0 Å². The lowest BCUT2D eigenvalue weighted by atomic mass is 9.97. The number of methoxy groups -OCH3 is 1. The fourth-order valence-electron chi connectivity index (χ4n) is 7.05. The summed E-state index contributed by atoms with van der Waals surface area (Å²) in [6.07, 6.45) is 0.800. The number of likely N-dealkylation sites (tertiary alicyclic amines) is 1. The Hall–Kier alpha value is -6.04. The number of rotatable bonds is 17. The van der Waals surface area contributed by atoms with E-state index in [9.17, 15) is 41.9 Å². The molecule has 0 saturated carbocycles. The Morgan fingerprint density at radius 1 is 0.820 bits per heavy atom. The van der Waals surface area contributed by atoms with E-state index in [4.69, 9.17) is 11.6 Å². The number of para-hydroxylation sites is 1. The first-order valence-corrected chi connectivity index (χ1v) is 19.9. The maximum absolute atomic E-state index is 15.0. The quantitative estimate of drug-likeness (QED) is 0.0345. The van der Waals surface area contributed by atoms with E-state index in [0.29, 0.717) is 34.9 Å². The number of halogens is 6. The Morgan fingerprint density at radius 2 is 1.48 bits per heavy atom. The number of nitrogens with one attached hydrogen (secondary N) is 5. The van der Waals surface area contributed by atoms with Gasteiger partial charge >= 0.3 is 5.97 Å². The number of carbonyl (C=O) groups is 6. The van der Waals surface area contributed by atoms with Crippen LogP contribution in [0, 0.1) is 36.0 Å². The second-order valence-electron chi connectivity index (χ2n) is 14.6. The first-order valence-electron chi connectivity index (χ1n) is 19.3. The number of aromatic amines is 1. The van der Waals surface area contributed by atoms with Gasteiger partial charge in [0.1, 0.15) is 30.0 Å². The molecule has 13 nitrogen and oxygen atoms in total. The highest BCUT2D eigenvalue weighted by atomic mass is 35.5. The molecule has 0 unspecified atom stereocenters. The van der Waals surface area contributed by atoms with Crippen LogP contribution in [0.5, 0.6) is 0 Å². The minimum Gasteiger partial charge on any atom is -0.469 e. The third kappa shape index (κ3) is 11.4. The second-order valence-corrected chi connectivity index (χ2v) is 14.8. The monoisotopic (exact) mass is 874 g/mol. The van der Waals surface area contributed by atoms with E-state index in [1.165, 1.54) is 4.90 Å². The molecule has 19 heteroatoms. The Balaban J connectivity index is 1.47. The van der Waals surface area contributed by atoms with E-state index in [1.54, 1.807) is 54.7 Å². The predicted molar refractivity (Wildman–Crippen MR) is 212 cm³/mol. The number of carbonyl (C=O) groups excluding carboxylic acids is 6. The molecular formula is C42H44ClF5N6O7. The molecule has 3 aromatic carbocycles. The van der Waals surface area contributed by atoms with E-state index >= 15 is 8.78 Å². The second kappa shape index (κ2) is 21.0. The van der Waals surface area contributed by atoms with Crippen molar-refractivity contribution >= 4 is 58.0 Å². The zero-order chi connectivity index (χ0) is 44.4. The topological polar surface area (TPSA) is 179 Å². The van der Waals surface area contributed by atoms with Gasteiger partial charge in [0.05, 0.1) is 7.11 Å². The van der Waals surface area contributed by atoms with Crippen LogP contribution in [-0.4, -0.2) is 89.1 Å². The third-order valence-electron chi connectivity index (χ3n) is 10.4. The van der Waals surface area contributed by atoms with Crippen molar-refractivity contribution in [3.8, 4) is 0 Å². The van der Waals surface area contributed by atoms with Gasteiger partial charge in [0.25, 0.3) is 0 Å². The molecule has 0 bridgehead atoms. The highest BCUT2D eigenvalue weighted by molar-refractivity contribution is 6.27. The summed E-state index contributed by atoms with van der Waals surface area (Å²) in [4.78, 5) is 84.8. The van der Waals surface area contributed by atoms with Crippen molar-refractivity contribution in [2.75, 3.05) is 19.5 Å². The number of H-pyrrole nitrogens is 1. The molecule has 5 rings (SSSR count). The first-order chi connectivity index (χ1) is 29.1. The van der Waals surface area contributed by atoms with Crippen LogP contribution in [0.4, 0.5) is 22.0 Å². The third-order valence-corrected chi connectivity index (χ3v) is 10.6. The Labute approximate surface area is 352 Å².